The summed E-state index contributed by atoms with van der Waals surface area (Å²) >= 11 is 0. The molecule has 0 atom stereocenters. The lowest BCUT2D eigenvalue weighted by Gasteiger charge is -2.50. The Morgan fingerprint density at radius 3 is 1.12 bits per heavy atom. The number of alkyl halides is 10. The number of hydrogen-bond acceptors (Lipinski definition) is 1. The summed E-state index contributed by atoms with van der Waals surface area (Å²) in [4.78, 5) is 9.66. The highest BCUT2D eigenvalue weighted by atomic mass is 32.5. The molecule has 0 saturated carbocycles. The molecule has 0 spiro atoms. The number of carboxylic acids is 1. The van der Waals surface area contributed by atoms with E-state index in [1.54, 1.807) is 0 Å². The molecular formula is C6HF15O2S. The second-order valence-electron chi connectivity index (χ2n) is 4.09. The fourth-order valence-corrected chi connectivity index (χ4v) is 1.57. The summed E-state index contributed by atoms with van der Waals surface area (Å²) in [5.41, 5.74) is 0. The molecule has 0 aliphatic carbocycles. The Hall–Kier alpha value is -1.23. The summed E-state index contributed by atoms with van der Waals surface area (Å²) in [6.07, 6.45) is 0. The van der Waals surface area contributed by atoms with Crippen LogP contribution in [0.3, 0.4) is 0 Å². The van der Waals surface area contributed by atoms with Crippen molar-refractivity contribution in [3.8, 4) is 0 Å². The van der Waals surface area contributed by atoms with Gasteiger partial charge in [-0.3, -0.25) is 0 Å². The van der Waals surface area contributed by atoms with Gasteiger partial charge >= 0.3 is 45.1 Å². The summed E-state index contributed by atoms with van der Waals surface area (Å²) in [6.45, 7) is 0. The van der Waals surface area contributed by atoms with Crippen LogP contribution in [0.15, 0.2) is 0 Å². The molecule has 0 heterocycles. The third-order valence-corrected chi connectivity index (χ3v) is 3.53. The summed E-state index contributed by atoms with van der Waals surface area (Å²) in [6, 6.07) is 0. The number of halogens is 15. The van der Waals surface area contributed by atoms with Crippen molar-refractivity contribution in [2.75, 3.05) is 0 Å². The molecule has 148 valence electrons. The molecule has 0 aromatic heterocycles. The average Bonchev–Trinajstić information content (AvgIpc) is 2.23. The monoisotopic (exact) mass is 422 g/mol. The van der Waals surface area contributed by atoms with Crippen LogP contribution in [-0.2, 0) is 4.79 Å². The molecule has 0 aromatic rings. The highest BCUT2D eigenvalue weighted by molar-refractivity contribution is 8.46. The minimum Gasteiger partial charge on any atom is -0.477 e. The highest BCUT2D eigenvalue weighted by Crippen LogP contribution is 3.06. The van der Waals surface area contributed by atoms with Crippen molar-refractivity contribution in [2.45, 2.75) is 28.9 Å². The van der Waals surface area contributed by atoms with E-state index in [4.69, 9.17) is 5.11 Å². The van der Waals surface area contributed by atoms with E-state index in [9.17, 15) is 68.1 Å². The third-order valence-electron chi connectivity index (χ3n) is 2.30. The van der Waals surface area contributed by atoms with E-state index in [1.807, 2.05) is 0 Å². The van der Waals surface area contributed by atoms with Gasteiger partial charge in [-0.1, -0.05) is 19.4 Å². The Kier molecular flexibility index (Phi) is 4.07. The van der Waals surface area contributed by atoms with Crippen LogP contribution in [0, 0.1) is 0 Å². The Morgan fingerprint density at radius 1 is 0.625 bits per heavy atom. The van der Waals surface area contributed by atoms with Gasteiger partial charge in [-0.25, -0.2) is 4.79 Å². The molecule has 0 radical (unpaired) electrons. The minimum atomic E-state index is -13.0. The van der Waals surface area contributed by atoms with E-state index >= 15 is 0 Å². The van der Waals surface area contributed by atoms with Crippen LogP contribution in [0.5, 0.6) is 0 Å². The minimum absolute atomic E-state index is 4.33. The van der Waals surface area contributed by atoms with Crippen molar-refractivity contribution in [3.05, 3.63) is 0 Å². The predicted molar refractivity (Wildman–Crippen MR) is 45.5 cm³/mol. The molecule has 0 bridgehead atoms. The molecule has 0 unspecified atom stereocenters. The normalized spacial score (nSPS) is 18.8. The van der Waals surface area contributed by atoms with Gasteiger partial charge in [0.15, 0.2) is 0 Å². The first-order chi connectivity index (χ1) is 9.69. The maximum absolute atomic E-state index is 13.0. The van der Waals surface area contributed by atoms with Gasteiger partial charge in [0.25, 0.3) is 0 Å². The fraction of sp³-hybridized carbons (Fsp3) is 0.833. The number of hydrogen-bond donors (Lipinski definition) is 1. The van der Waals surface area contributed by atoms with Gasteiger partial charge in [-0.05, 0) is 0 Å². The molecule has 0 rings (SSSR count). The van der Waals surface area contributed by atoms with E-state index in [-0.39, 0.29) is 0 Å². The molecule has 0 aliphatic rings. The zero-order valence-electron chi connectivity index (χ0n) is 9.93. The summed E-state index contributed by atoms with van der Waals surface area (Å²) in [7, 11) is -13.0. The van der Waals surface area contributed by atoms with Crippen LogP contribution in [0.1, 0.15) is 0 Å². The molecule has 0 saturated heterocycles. The van der Waals surface area contributed by atoms with E-state index in [2.05, 4.69) is 0 Å². The zero-order chi connectivity index (χ0) is 20.5. The predicted octanol–water partition coefficient (Wildman–Crippen LogP) is 5.50. The van der Waals surface area contributed by atoms with Gasteiger partial charge in [0.2, 0.25) is 0 Å². The molecule has 1 N–H and O–H groups in total. The SMILES string of the molecule is O=C(O)C(F)(F)C(F)(F)C(F)(F)C(F)(F)C(F)(F)S(F)(F)(F)(F)F. The molecule has 0 amide bonds. The van der Waals surface area contributed by atoms with Crippen molar-refractivity contribution in [3.63, 3.8) is 0 Å². The van der Waals surface area contributed by atoms with Crippen molar-refractivity contribution >= 4 is 16.2 Å². The van der Waals surface area contributed by atoms with Crippen molar-refractivity contribution in [2.24, 2.45) is 0 Å². The van der Waals surface area contributed by atoms with Crippen LogP contribution in [0.4, 0.5) is 63.3 Å². The number of carbonyl (C=O) groups is 1. The van der Waals surface area contributed by atoms with Crippen LogP contribution >= 0.6 is 10.2 Å². The Balaban J connectivity index is 6.67. The average molecular weight is 422 g/mol. The van der Waals surface area contributed by atoms with E-state index in [1.165, 1.54) is 0 Å². The van der Waals surface area contributed by atoms with Crippen LogP contribution < -0.4 is 0 Å². The quantitative estimate of drug-likeness (QED) is 0.574. The lowest BCUT2D eigenvalue weighted by atomic mass is 9.98. The van der Waals surface area contributed by atoms with E-state index in [0.717, 1.165) is 0 Å². The fourth-order valence-electron chi connectivity index (χ4n) is 0.954. The van der Waals surface area contributed by atoms with Gasteiger partial charge in [-0.15, -0.1) is 0 Å². The lowest BCUT2D eigenvalue weighted by molar-refractivity contribution is -0.386. The van der Waals surface area contributed by atoms with Crippen molar-refractivity contribution in [1.29, 1.82) is 0 Å². The Bertz CT molecular complexity index is 544. The van der Waals surface area contributed by atoms with Gasteiger partial charge < -0.3 is 5.11 Å². The first-order valence-electron chi connectivity index (χ1n) is 4.54. The third kappa shape index (κ3) is 2.61. The largest absolute Gasteiger partial charge is 0.477 e. The van der Waals surface area contributed by atoms with Crippen molar-refractivity contribution in [1.82, 2.24) is 0 Å². The Labute approximate surface area is 119 Å². The van der Waals surface area contributed by atoms with Crippen LogP contribution in [-0.4, -0.2) is 40.0 Å². The van der Waals surface area contributed by atoms with Gasteiger partial charge in [-0.2, -0.15) is 43.9 Å². The molecular weight excluding hydrogens is 421 g/mol. The van der Waals surface area contributed by atoms with Crippen LogP contribution in [0.25, 0.3) is 0 Å². The van der Waals surface area contributed by atoms with Gasteiger partial charge in [0, 0.05) is 0 Å². The molecule has 0 aromatic carbocycles. The summed E-state index contributed by atoms with van der Waals surface area (Å²) in [5, 5.41) is -1.69. The molecule has 0 aliphatic heterocycles. The number of rotatable bonds is 6. The molecule has 2 nitrogen and oxygen atoms in total. The zero-order valence-corrected chi connectivity index (χ0v) is 10.7. The topological polar surface area (TPSA) is 37.3 Å². The maximum Gasteiger partial charge on any atom is 0.450 e. The summed E-state index contributed by atoms with van der Waals surface area (Å²) < 4.78 is 184. The second kappa shape index (κ2) is 4.29. The number of carboxylic acid groups (broad SMARTS) is 1. The lowest BCUT2D eigenvalue weighted by Crippen LogP contribution is -2.70. The first kappa shape index (κ1) is 22.8. The van der Waals surface area contributed by atoms with Crippen LogP contribution in [0.2, 0.25) is 0 Å². The highest BCUT2D eigenvalue weighted by Gasteiger charge is 2.99. The van der Waals surface area contributed by atoms with E-state index in [0.29, 0.717) is 0 Å². The summed E-state index contributed by atoms with van der Waals surface area (Å²) in [5.74, 6) is -37.2. The molecule has 24 heavy (non-hydrogen) atoms. The maximum atomic E-state index is 12.7. The number of aliphatic carboxylic acids is 1. The van der Waals surface area contributed by atoms with Crippen molar-refractivity contribution < 1.29 is 73.2 Å². The van der Waals surface area contributed by atoms with Gasteiger partial charge in [0.05, 0.1) is 0 Å². The second-order valence-corrected chi connectivity index (χ2v) is 6.54. The standard InChI is InChI=1S/C6HF15O2S/c7-2(8,1(22)23)3(9,10)4(11,12)5(13,14)6(15,16)24(17,18,19,20)21/h(H,22,23). The first-order valence-corrected chi connectivity index (χ1v) is 6.49. The molecule has 0 fully saturated rings. The Morgan fingerprint density at radius 2 is 0.917 bits per heavy atom. The van der Waals surface area contributed by atoms with Gasteiger partial charge in [0.1, 0.15) is 0 Å². The molecule has 18 heteroatoms. The smallest absolute Gasteiger partial charge is 0.450 e. The van der Waals surface area contributed by atoms with E-state index < -0.39 is 45.1 Å².